The van der Waals surface area contributed by atoms with Gasteiger partial charge in [0.2, 0.25) is 10.0 Å². The lowest BCUT2D eigenvalue weighted by molar-refractivity contribution is -0.385. The third-order valence-corrected chi connectivity index (χ3v) is 4.92. The molecule has 0 aromatic heterocycles. The second-order valence-electron chi connectivity index (χ2n) is 5.07. The molecule has 1 aliphatic rings. The number of rotatable bonds is 4. The first kappa shape index (κ1) is 15.8. The molecule has 0 amide bonds. The summed E-state index contributed by atoms with van der Waals surface area (Å²) in [5.41, 5.74) is -0.484. The number of nitro groups is 1. The van der Waals surface area contributed by atoms with Crippen LogP contribution >= 0.6 is 0 Å². The van der Waals surface area contributed by atoms with Crippen LogP contribution in [0.25, 0.3) is 0 Å². The molecule has 0 saturated carbocycles. The maximum atomic E-state index is 13.8. The molecule has 1 saturated heterocycles. The van der Waals surface area contributed by atoms with Gasteiger partial charge in [-0.25, -0.2) is 17.5 Å². The topological polar surface area (TPSA) is 101 Å². The van der Waals surface area contributed by atoms with Crippen molar-refractivity contribution in [3.8, 4) is 0 Å². The van der Waals surface area contributed by atoms with Gasteiger partial charge in [-0.3, -0.25) is 10.1 Å². The lowest BCUT2D eigenvalue weighted by atomic mass is 10.0. The third kappa shape index (κ3) is 3.74. The van der Waals surface area contributed by atoms with Crippen LogP contribution in [0.1, 0.15) is 19.8 Å². The molecule has 116 valence electrons. The van der Waals surface area contributed by atoms with Crippen molar-refractivity contribution in [3.63, 3.8) is 0 Å². The minimum Gasteiger partial charge on any atom is -0.314 e. The molecule has 0 radical (unpaired) electrons. The molecule has 1 aromatic carbocycles. The second kappa shape index (κ2) is 6.04. The highest BCUT2D eigenvalue weighted by Crippen LogP contribution is 2.21. The van der Waals surface area contributed by atoms with E-state index in [1.165, 1.54) is 0 Å². The first-order chi connectivity index (χ1) is 9.79. The predicted molar refractivity (Wildman–Crippen MR) is 73.9 cm³/mol. The van der Waals surface area contributed by atoms with Crippen LogP contribution < -0.4 is 10.0 Å². The average molecular weight is 317 g/mol. The largest absolute Gasteiger partial charge is 0.314 e. The standard InChI is InChI=1S/C12H16FN3O4S/c1-8-6-9(4-5-14-8)15-21(19,20)12-3-2-10(16(17)18)7-11(12)13/h2-3,7-9,14-15H,4-6H2,1H3. The minimum atomic E-state index is -4.03. The molecule has 9 heteroatoms. The Labute approximate surface area is 121 Å². The third-order valence-electron chi connectivity index (χ3n) is 3.36. The first-order valence-electron chi connectivity index (χ1n) is 6.49. The van der Waals surface area contributed by atoms with Gasteiger partial charge < -0.3 is 5.32 Å². The van der Waals surface area contributed by atoms with Crippen molar-refractivity contribution in [2.24, 2.45) is 0 Å². The second-order valence-corrected chi connectivity index (χ2v) is 6.75. The van der Waals surface area contributed by atoms with E-state index in [1.807, 2.05) is 6.92 Å². The van der Waals surface area contributed by atoms with Gasteiger partial charge in [0, 0.05) is 18.2 Å². The fraction of sp³-hybridized carbons (Fsp3) is 0.500. The van der Waals surface area contributed by atoms with Gasteiger partial charge in [0.25, 0.3) is 5.69 Å². The van der Waals surface area contributed by atoms with Crippen LogP contribution in [0, 0.1) is 15.9 Å². The highest BCUT2D eigenvalue weighted by atomic mass is 32.2. The average Bonchev–Trinajstić information content (AvgIpc) is 2.37. The SMILES string of the molecule is CC1CC(NS(=O)(=O)c2ccc([N+](=O)[O-])cc2F)CCN1. The van der Waals surface area contributed by atoms with Gasteiger partial charge in [-0.1, -0.05) is 0 Å². The smallest absolute Gasteiger partial charge is 0.272 e. The first-order valence-corrected chi connectivity index (χ1v) is 7.97. The van der Waals surface area contributed by atoms with Crippen LogP contribution in [-0.2, 0) is 10.0 Å². The quantitative estimate of drug-likeness (QED) is 0.641. The molecule has 21 heavy (non-hydrogen) atoms. The number of nitrogens with zero attached hydrogens (tertiary/aromatic N) is 1. The van der Waals surface area contributed by atoms with Gasteiger partial charge in [0.05, 0.1) is 11.0 Å². The van der Waals surface area contributed by atoms with Gasteiger partial charge in [0.15, 0.2) is 0 Å². The van der Waals surface area contributed by atoms with Crippen LogP contribution in [0.5, 0.6) is 0 Å². The highest BCUT2D eigenvalue weighted by molar-refractivity contribution is 7.89. The van der Waals surface area contributed by atoms with Crippen LogP contribution in [0.2, 0.25) is 0 Å². The van der Waals surface area contributed by atoms with E-state index in [9.17, 15) is 22.9 Å². The van der Waals surface area contributed by atoms with E-state index in [4.69, 9.17) is 0 Å². The van der Waals surface area contributed by atoms with Gasteiger partial charge in [-0.2, -0.15) is 0 Å². The Bertz CT molecular complexity index is 650. The number of hydrogen-bond acceptors (Lipinski definition) is 5. The van der Waals surface area contributed by atoms with Crippen molar-refractivity contribution in [1.82, 2.24) is 10.0 Å². The number of non-ortho nitro benzene ring substituents is 1. The van der Waals surface area contributed by atoms with Crippen molar-refractivity contribution in [3.05, 3.63) is 34.1 Å². The normalized spacial score (nSPS) is 23.0. The van der Waals surface area contributed by atoms with E-state index in [0.29, 0.717) is 25.5 Å². The number of sulfonamides is 1. The van der Waals surface area contributed by atoms with E-state index in [2.05, 4.69) is 10.0 Å². The van der Waals surface area contributed by atoms with Crippen LogP contribution in [0.4, 0.5) is 10.1 Å². The summed E-state index contributed by atoms with van der Waals surface area (Å²) in [4.78, 5) is 9.19. The Morgan fingerprint density at radius 3 is 2.76 bits per heavy atom. The van der Waals surface area contributed by atoms with E-state index in [0.717, 1.165) is 12.1 Å². The highest BCUT2D eigenvalue weighted by Gasteiger charge is 2.27. The summed E-state index contributed by atoms with van der Waals surface area (Å²) in [7, 11) is -4.03. The predicted octanol–water partition coefficient (Wildman–Crippen LogP) is 1.15. The Morgan fingerprint density at radius 1 is 1.48 bits per heavy atom. The molecule has 0 spiro atoms. The van der Waals surface area contributed by atoms with Gasteiger partial charge in [0.1, 0.15) is 10.7 Å². The summed E-state index contributed by atoms with van der Waals surface area (Å²) in [5.74, 6) is -1.13. The monoisotopic (exact) mass is 317 g/mol. The van der Waals surface area contributed by atoms with Crippen LogP contribution in [-0.4, -0.2) is 32.0 Å². The Balaban J connectivity index is 2.21. The summed E-state index contributed by atoms with van der Waals surface area (Å²) in [5, 5.41) is 13.7. The zero-order chi connectivity index (χ0) is 15.6. The Kier molecular flexibility index (Phi) is 4.55. The van der Waals surface area contributed by atoms with Crippen molar-refractivity contribution in [1.29, 1.82) is 0 Å². The molecule has 1 heterocycles. The summed E-state index contributed by atoms with van der Waals surface area (Å²) in [6.07, 6.45) is 1.21. The minimum absolute atomic E-state index is 0.174. The van der Waals surface area contributed by atoms with E-state index >= 15 is 0 Å². The number of benzene rings is 1. The lowest BCUT2D eigenvalue weighted by Crippen LogP contribution is -2.46. The summed E-state index contributed by atoms with van der Waals surface area (Å²) < 4.78 is 40.6. The number of piperidine rings is 1. The summed E-state index contributed by atoms with van der Waals surface area (Å²) >= 11 is 0. The molecule has 0 bridgehead atoms. The van der Waals surface area contributed by atoms with E-state index in [1.54, 1.807) is 0 Å². The number of hydrogen-bond donors (Lipinski definition) is 2. The zero-order valence-electron chi connectivity index (χ0n) is 11.4. The molecule has 0 aliphatic carbocycles. The van der Waals surface area contributed by atoms with Crippen molar-refractivity contribution in [2.45, 2.75) is 36.7 Å². The molecule has 2 rings (SSSR count). The molecular formula is C12H16FN3O4S. The number of nitro benzene ring substituents is 1. The van der Waals surface area contributed by atoms with Gasteiger partial charge in [-0.15, -0.1) is 0 Å². The van der Waals surface area contributed by atoms with E-state index < -0.39 is 31.3 Å². The summed E-state index contributed by atoms with van der Waals surface area (Å²) in [6, 6.07) is 2.40. The summed E-state index contributed by atoms with van der Waals surface area (Å²) in [6.45, 7) is 2.62. The molecule has 2 atom stereocenters. The molecule has 7 nitrogen and oxygen atoms in total. The fourth-order valence-electron chi connectivity index (χ4n) is 2.34. The van der Waals surface area contributed by atoms with Crippen molar-refractivity contribution in [2.75, 3.05) is 6.54 Å². The number of nitrogens with one attached hydrogen (secondary N) is 2. The molecule has 2 N–H and O–H groups in total. The van der Waals surface area contributed by atoms with Gasteiger partial charge in [-0.05, 0) is 32.4 Å². The van der Waals surface area contributed by atoms with Crippen molar-refractivity contribution < 1.29 is 17.7 Å². The lowest BCUT2D eigenvalue weighted by Gasteiger charge is -2.28. The number of halogens is 1. The maximum Gasteiger partial charge on any atom is 0.272 e. The molecule has 1 aliphatic heterocycles. The fourth-order valence-corrected chi connectivity index (χ4v) is 3.69. The maximum absolute atomic E-state index is 13.8. The zero-order valence-corrected chi connectivity index (χ0v) is 12.2. The Hall–Kier alpha value is -1.58. The van der Waals surface area contributed by atoms with Crippen molar-refractivity contribution >= 4 is 15.7 Å². The van der Waals surface area contributed by atoms with Crippen LogP contribution in [0.15, 0.2) is 23.1 Å². The van der Waals surface area contributed by atoms with E-state index in [-0.39, 0.29) is 12.1 Å². The molecule has 2 unspecified atom stereocenters. The Morgan fingerprint density at radius 2 is 2.19 bits per heavy atom. The molecule has 1 fully saturated rings. The molecule has 1 aromatic rings. The van der Waals surface area contributed by atoms with Gasteiger partial charge >= 0.3 is 0 Å². The molecular weight excluding hydrogens is 301 g/mol. The van der Waals surface area contributed by atoms with Crippen LogP contribution in [0.3, 0.4) is 0 Å².